The maximum Gasteiger partial charge on any atom is 0.344 e. The lowest BCUT2D eigenvalue weighted by Crippen LogP contribution is -2.26. The molecule has 0 aliphatic heterocycles. The standard InChI is InChI=1S/C14H21NO3/c1-3-5-13(14(16)17)18-12-8-6-11(7-9-12)10-15-4-2/h6-9,13,15H,3-5,10H2,1-2H3,(H,16,17). The topological polar surface area (TPSA) is 58.6 Å². The number of carboxylic acid groups (broad SMARTS) is 1. The fraction of sp³-hybridized carbons (Fsp3) is 0.500. The van der Waals surface area contributed by atoms with Crippen LogP contribution in [0.25, 0.3) is 0 Å². The van der Waals surface area contributed by atoms with Crippen LogP contribution in [-0.4, -0.2) is 23.7 Å². The van der Waals surface area contributed by atoms with Crippen molar-refractivity contribution in [2.45, 2.75) is 39.3 Å². The lowest BCUT2D eigenvalue weighted by atomic mass is 10.2. The maximum atomic E-state index is 11.0. The molecule has 100 valence electrons. The molecule has 1 aromatic rings. The Bertz CT molecular complexity index is 362. The van der Waals surface area contributed by atoms with Gasteiger partial charge in [-0.1, -0.05) is 32.4 Å². The molecule has 4 nitrogen and oxygen atoms in total. The van der Waals surface area contributed by atoms with Gasteiger partial charge >= 0.3 is 5.97 Å². The third kappa shape index (κ3) is 4.75. The summed E-state index contributed by atoms with van der Waals surface area (Å²) >= 11 is 0. The van der Waals surface area contributed by atoms with E-state index in [0.717, 1.165) is 25.1 Å². The Morgan fingerprint density at radius 3 is 2.50 bits per heavy atom. The van der Waals surface area contributed by atoms with Gasteiger partial charge in [0.25, 0.3) is 0 Å². The summed E-state index contributed by atoms with van der Waals surface area (Å²) in [5.41, 5.74) is 1.16. The van der Waals surface area contributed by atoms with Crippen molar-refractivity contribution in [2.75, 3.05) is 6.54 Å². The Morgan fingerprint density at radius 1 is 1.33 bits per heavy atom. The Balaban J connectivity index is 2.58. The normalized spacial score (nSPS) is 12.1. The van der Waals surface area contributed by atoms with Gasteiger partial charge in [0, 0.05) is 6.54 Å². The van der Waals surface area contributed by atoms with Gasteiger partial charge in [0.15, 0.2) is 6.10 Å². The minimum atomic E-state index is -0.909. The van der Waals surface area contributed by atoms with Crippen molar-refractivity contribution in [2.24, 2.45) is 0 Å². The van der Waals surface area contributed by atoms with Gasteiger partial charge in [-0.05, 0) is 30.7 Å². The van der Waals surface area contributed by atoms with Crippen molar-refractivity contribution >= 4 is 5.97 Å². The van der Waals surface area contributed by atoms with Crippen LogP contribution in [0.2, 0.25) is 0 Å². The Hall–Kier alpha value is -1.55. The van der Waals surface area contributed by atoms with Crippen LogP contribution in [0, 0.1) is 0 Å². The van der Waals surface area contributed by atoms with E-state index < -0.39 is 12.1 Å². The molecule has 0 bridgehead atoms. The molecule has 0 aliphatic rings. The van der Waals surface area contributed by atoms with Gasteiger partial charge in [-0.25, -0.2) is 4.79 Å². The molecule has 4 heteroatoms. The van der Waals surface area contributed by atoms with Crippen molar-refractivity contribution in [1.29, 1.82) is 0 Å². The van der Waals surface area contributed by atoms with Crippen LogP contribution in [0.3, 0.4) is 0 Å². The summed E-state index contributed by atoms with van der Waals surface area (Å²) in [5.74, 6) is -0.301. The molecule has 0 saturated carbocycles. The van der Waals surface area contributed by atoms with E-state index in [4.69, 9.17) is 9.84 Å². The van der Waals surface area contributed by atoms with Gasteiger partial charge in [0.05, 0.1) is 0 Å². The number of carbonyl (C=O) groups is 1. The predicted octanol–water partition coefficient (Wildman–Crippen LogP) is 2.43. The number of aliphatic carboxylic acids is 1. The predicted molar refractivity (Wildman–Crippen MR) is 70.8 cm³/mol. The molecule has 18 heavy (non-hydrogen) atoms. The van der Waals surface area contributed by atoms with E-state index in [0.29, 0.717) is 12.2 Å². The molecular formula is C14H21NO3. The van der Waals surface area contributed by atoms with Crippen LogP contribution in [0.5, 0.6) is 5.75 Å². The summed E-state index contributed by atoms with van der Waals surface area (Å²) in [6.07, 6.45) is 0.554. The summed E-state index contributed by atoms with van der Waals surface area (Å²) in [6.45, 7) is 5.74. The minimum Gasteiger partial charge on any atom is -0.479 e. The number of hydrogen-bond acceptors (Lipinski definition) is 3. The number of carboxylic acids is 1. The maximum absolute atomic E-state index is 11.0. The highest BCUT2D eigenvalue weighted by molar-refractivity contribution is 5.72. The van der Waals surface area contributed by atoms with E-state index in [1.165, 1.54) is 0 Å². The third-order valence-corrected chi connectivity index (χ3v) is 2.61. The minimum absolute atomic E-state index is 0.522. The molecule has 1 aromatic carbocycles. The molecule has 1 unspecified atom stereocenters. The molecule has 0 fully saturated rings. The quantitative estimate of drug-likeness (QED) is 0.745. The van der Waals surface area contributed by atoms with Gasteiger partial charge in [-0.3, -0.25) is 0 Å². The van der Waals surface area contributed by atoms with Gasteiger partial charge in [0.1, 0.15) is 5.75 Å². The van der Waals surface area contributed by atoms with Crippen LogP contribution in [-0.2, 0) is 11.3 Å². The number of nitrogens with one attached hydrogen (secondary N) is 1. The van der Waals surface area contributed by atoms with E-state index in [-0.39, 0.29) is 0 Å². The van der Waals surface area contributed by atoms with E-state index in [9.17, 15) is 4.79 Å². The third-order valence-electron chi connectivity index (χ3n) is 2.61. The first-order valence-corrected chi connectivity index (χ1v) is 6.36. The fourth-order valence-electron chi connectivity index (χ4n) is 1.61. The van der Waals surface area contributed by atoms with Crippen molar-refractivity contribution in [3.05, 3.63) is 29.8 Å². The average Bonchev–Trinajstić information content (AvgIpc) is 2.37. The van der Waals surface area contributed by atoms with Gasteiger partial charge in [-0.2, -0.15) is 0 Å². The van der Waals surface area contributed by atoms with Gasteiger partial charge < -0.3 is 15.2 Å². The van der Waals surface area contributed by atoms with Crippen LogP contribution < -0.4 is 10.1 Å². The second-order valence-electron chi connectivity index (χ2n) is 4.16. The number of benzene rings is 1. The molecule has 2 N–H and O–H groups in total. The SMILES string of the molecule is CCCC(Oc1ccc(CNCC)cc1)C(=O)O. The molecule has 0 spiro atoms. The first-order valence-electron chi connectivity index (χ1n) is 6.36. The first kappa shape index (κ1) is 14.5. The first-order chi connectivity index (χ1) is 8.67. The Labute approximate surface area is 108 Å². The Kier molecular flexibility index (Phi) is 6.22. The fourth-order valence-corrected chi connectivity index (χ4v) is 1.61. The van der Waals surface area contributed by atoms with Crippen molar-refractivity contribution in [3.63, 3.8) is 0 Å². The molecule has 0 heterocycles. The second kappa shape index (κ2) is 7.71. The molecule has 0 saturated heterocycles. The largest absolute Gasteiger partial charge is 0.479 e. The molecule has 1 rings (SSSR count). The summed E-state index contributed by atoms with van der Waals surface area (Å²) < 4.78 is 5.46. The zero-order valence-electron chi connectivity index (χ0n) is 11.0. The number of hydrogen-bond donors (Lipinski definition) is 2. The highest BCUT2D eigenvalue weighted by Crippen LogP contribution is 2.16. The molecular weight excluding hydrogens is 230 g/mol. The van der Waals surface area contributed by atoms with Crippen LogP contribution in [0.4, 0.5) is 0 Å². The van der Waals surface area contributed by atoms with E-state index in [2.05, 4.69) is 12.2 Å². The highest BCUT2D eigenvalue weighted by Gasteiger charge is 2.17. The van der Waals surface area contributed by atoms with Crippen LogP contribution in [0.1, 0.15) is 32.3 Å². The van der Waals surface area contributed by atoms with E-state index in [1.54, 1.807) is 0 Å². The summed E-state index contributed by atoms with van der Waals surface area (Å²) in [7, 11) is 0. The summed E-state index contributed by atoms with van der Waals surface area (Å²) in [5, 5.41) is 12.2. The second-order valence-corrected chi connectivity index (χ2v) is 4.16. The zero-order chi connectivity index (χ0) is 13.4. The van der Waals surface area contributed by atoms with Crippen molar-refractivity contribution < 1.29 is 14.6 Å². The monoisotopic (exact) mass is 251 g/mol. The van der Waals surface area contributed by atoms with Crippen molar-refractivity contribution in [1.82, 2.24) is 5.32 Å². The van der Waals surface area contributed by atoms with Crippen LogP contribution in [0.15, 0.2) is 24.3 Å². The lowest BCUT2D eigenvalue weighted by molar-refractivity contribution is -0.145. The zero-order valence-corrected chi connectivity index (χ0v) is 11.0. The van der Waals surface area contributed by atoms with E-state index >= 15 is 0 Å². The molecule has 0 aliphatic carbocycles. The number of ether oxygens (including phenoxy) is 1. The van der Waals surface area contributed by atoms with Gasteiger partial charge in [0.2, 0.25) is 0 Å². The smallest absolute Gasteiger partial charge is 0.344 e. The summed E-state index contributed by atoms with van der Waals surface area (Å²) in [6, 6.07) is 7.53. The van der Waals surface area contributed by atoms with Crippen molar-refractivity contribution in [3.8, 4) is 5.75 Å². The lowest BCUT2D eigenvalue weighted by Gasteiger charge is -2.14. The van der Waals surface area contributed by atoms with Gasteiger partial charge in [-0.15, -0.1) is 0 Å². The Morgan fingerprint density at radius 2 is 2.00 bits per heavy atom. The molecule has 0 radical (unpaired) electrons. The number of rotatable bonds is 8. The molecule has 1 atom stereocenters. The molecule has 0 amide bonds. The average molecular weight is 251 g/mol. The van der Waals surface area contributed by atoms with Crippen LogP contribution >= 0.6 is 0 Å². The highest BCUT2D eigenvalue weighted by atomic mass is 16.5. The van der Waals surface area contributed by atoms with E-state index in [1.807, 2.05) is 31.2 Å². The molecule has 0 aromatic heterocycles. The summed E-state index contributed by atoms with van der Waals surface area (Å²) in [4.78, 5) is 11.0.